The highest BCUT2D eigenvalue weighted by atomic mass is 16.6. The molecule has 0 N–H and O–H groups in total. The van der Waals surface area contributed by atoms with E-state index in [9.17, 15) is 14.4 Å². The fourth-order valence-corrected chi connectivity index (χ4v) is 5.84. The molecule has 0 aliphatic rings. The quantitative estimate of drug-likeness (QED) is 0.0203. The Morgan fingerprint density at radius 3 is 1.32 bits per heavy atom. The van der Waals surface area contributed by atoms with Gasteiger partial charge in [-0.25, -0.2) is 0 Å². The Kier molecular flexibility index (Phi) is 42.1. The van der Waals surface area contributed by atoms with Crippen LogP contribution < -0.4 is 0 Å². The number of carbonyl (C=O) groups is 3. The van der Waals surface area contributed by atoms with Crippen molar-refractivity contribution in [1.29, 1.82) is 0 Å². The van der Waals surface area contributed by atoms with Gasteiger partial charge >= 0.3 is 17.9 Å². The summed E-state index contributed by atoms with van der Waals surface area (Å²) in [6.45, 7) is 6.27. The van der Waals surface area contributed by atoms with E-state index in [0.717, 1.165) is 83.5 Å². The average Bonchev–Trinajstić information content (AvgIpc) is 3.21. The van der Waals surface area contributed by atoms with E-state index in [0.29, 0.717) is 19.3 Å². The molecule has 0 saturated heterocycles. The Hall–Kier alpha value is -3.67. The summed E-state index contributed by atoms with van der Waals surface area (Å²) in [7, 11) is 0. The maximum atomic E-state index is 12.7. The summed E-state index contributed by atoms with van der Waals surface area (Å²) in [5.74, 6) is -1.01. The van der Waals surface area contributed by atoms with Crippen LogP contribution in [0.1, 0.15) is 188 Å². The van der Waals surface area contributed by atoms with Gasteiger partial charge in [0.2, 0.25) is 0 Å². The molecule has 1 atom stereocenters. The summed E-state index contributed by atoms with van der Waals surface area (Å²) in [5.41, 5.74) is 0. The van der Waals surface area contributed by atoms with Crippen molar-refractivity contribution in [2.75, 3.05) is 13.2 Å². The van der Waals surface area contributed by atoms with Crippen molar-refractivity contribution in [3.05, 3.63) is 97.2 Å². The summed E-state index contributed by atoms with van der Waals surface area (Å²) in [5, 5.41) is 0. The van der Waals surface area contributed by atoms with Crippen LogP contribution in [-0.4, -0.2) is 37.2 Å². The lowest BCUT2D eigenvalue weighted by Crippen LogP contribution is -2.30. The zero-order chi connectivity index (χ0) is 41.5. The van der Waals surface area contributed by atoms with Gasteiger partial charge in [0.15, 0.2) is 6.10 Å². The topological polar surface area (TPSA) is 78.9 Å². The Labute approximate surface area is 349 Å². The number of hydrogen-bond donors (Lipinski definition) is 0. The summed E-state index contributed by atoms with van der Waals surface area (Å²) >= 11 is 0. The molecule has 0 amide bonds. The van der Waals surface area contributed by atoms with Gasteiger partial charge < -0.3 is 14.2 Å². The predicted molar refractivity (Wildman–Crippen MR) is 242 cm³/mol. The molecule has 0 heterocycles. The Morgan fingerprint density at radius 1 is 0.386 bits per heavy atom. The second-order valence-corrected chi connectivity index (χ2v) is 14.7. The summed E-state index contributed by atoms with van der Waals surface area (Å²) in [6, 6.07) is 0. The number of ether oxygens (including phenoxy) is 3. The van der Waals surface area contributed by atoms with Gasteiger partial charge in [0.1, 0.15) is 13.2 Å². The summed E-state index contributed by atoms with van der Waals surface area (Å²) < 4.78 is 16.6. The first kappa shape index (κ1) is 53.3. The number of rotatable bonds is 39. The van der Waals surface area contributed by atoms with E-state index in [1.165, 1.54) is 57.8 Å². The van der Waals surface area contributed by atoms with E-state index in [2.05, 4.69) is 63.3 Å². The van der Waals surface area contributed by atoms with Crippen LogP contribution >= 0.6 is 0 Å². The summed E-state index contributed by atoms with van der Waals surface area (Å²) in [4.78, 5) is 37.7. The van der Waals surface area contributed by atoms with E-state index in [4.69, 9.17) is 14.2 Å². The van der Waals surface area contributed by atoms with Crippen molar-refractivity contribution in [2.45, 2.75) is 194 Å². The van der Waals surface area contributed by atoms with Gasteiger partial charge in [-0.05, 0) is 64.2 Å². The SMILES string of the molecule is CC\C=C/C=C\C=C/C=C\C=C/CCCC(=O)OC(COC(=O)CCCCCCCC/C=C\C/C=C\C/C=C\CC)COC(=O)CCCCCCCCCCCC. The van der Waals surface area contributed by atoms with Gasteiger partial charge in [-0.2, -0.15) is 0 Å². The molecule has 0 aromatic rings. The van der Waals surface area contributed by atoms with Gasteiger partial charge in [-0.3, -0.25) is 14.4 Å². The van der Waals surface area contributed by atoms with Gasteiger partial charge in [0, 0.05) is 19.3 Å². The molecule has 0 aliphatic carbocycles. The molecule has 1 unspecified atom stereocenters. The molecular formula is C51H82O6. The highest BCUT2D eigenvalue weighted by Crippen LogP contribution is 2.13. The van der Waals surface area contributed by atoms with E-state index in [1.54, 1.807) is 0 Å². The number of allylic oxidation sites excluding steroid dienone is 16. The van der Waals surface area contributed by atoms with Gasteiger partial charge in [-0.15, -0.1) is 0 Å². The maximum absolute atomic E-state index is 12.7. The van der Waals surface area contributed by atoms with Gasteiger partial charge in [0.25, 0.3) is 0 Å². The number of unbranched alkanes of at least 4 members (excludes halogenated alkanes) is 16. The van der Waals surface area contributed by atoms with Crippen LogP contribution in [0, 0.1) is 0 Å². The van der Waals surface area contributed by atoms with Gasteiger partial charge in [-0.1, -0.05) is 201 Å². The maximum Gasteiger partial charge on any atom is 0.306 e. The van der Waals surface area contributed by atoms with Crippen LogP contribution in [0.25, 0.3) is 0 Å². The predicted octanol–water partition coefficient (Wildman–Crippen LogP) is 14.6. The first-order valence-electron chi connectivity index (χ1n) is 22.8. The van der Waals surface area contributed by atoms with Crippen LogP contribution in [0.15, 0.2) is 97.2 Å². The van der Waals surface area contributed by atoms with Crippen LogP contribution in [0.2, 0.25) is 0 Å². The average molecular weight is 791 g/mol. The molecule has 0 fully saturated rings. The Balaban J connectivity index is 4.51. The van der Waals surface area contributed by atoms with Crippen LogP contribution in [-0.2, 0) is 28.6 Å². The smallest absolute Gasteiger partial charge is 0.306 e. The monoisotopic (exact) mass is 791 g/mol. The molecule has 0 spiro atoms. The third-order valence-corrected chi connectivity index (χ3v) is 9.21. The lowest BCUT2D eigenvalue weighted by molar-refractivity contribution is -0.167. The molecule has 6 nitrogen and oxygen atoms in total. The standard InChI is InChI=1S/C51H82O6/c1-4-7-10-13-16-19-22-24-25-26-28-29-32-35-38-41-44-50(53)56-47-48(46-55-49(52)43-40-37-34-31-21-18-15-12-9-6-3)57-51(54)45-42-39-36-33-30-27-23-20-17-14-11-8-5-2/h7-8,10-11,14,16-17,19-20,23-25,27,30,33,36,48H,4-6,9,12-13,15,18,21-22,26,28-29,31-32,34-35,37-47H2,1-3H3/b10-7-,11-8-,17-14-,19-16-,23-20-,25-24-,30-27-,36-33-. The highest BCUT2D eigenvalue weighted by molar-refractivity contribution is 5.71. The van der Waals surface area contributed by atoms with E-state index in [1.807, 2.05) is 54.7 Å². The molecular weight excluding hydrogens is 709 g/mol. The molecule has 57 heavy (non-hydrogen) atoms. The third kappa shape index (κ3) is 43.3. The molecule has 0 aromatic heterocycles. The third-order valence-electron chi connectivity index (χ3n) is 9.21. The highest BCUT2D eigenvalue weighted by Gasteiger charge is 2.19. The Bertz CT molecular complexity index is 1180. The fourth-order valence-electron chi connectivity index (χ4n) is 5.84. The number of carbonyl (C=O) groups excluding carboxylic acids is 3. The van der Waals surface area contributed by atoms with Crippen molar-refractivity contribution in [3.63, 3.8) is 0 Å². The Morgan fingerprint density at radius 2 is 0.789 bits per heavy atom. The van der Waals surface area contributed by atoms with Crippen molar-refractivity contribution in [2.24, 2.45) is 0 Å². The lowest BCUT2D eigenvalue weighted by Gasteiger charge is -2.18. The van der Waals surface area contributed by atoms with Crippen molar-refractivity contribution < 1.29 is 28.6 Å². The molecule has 6 heteroatoms. The molecule has 0 bridgehead atoms. The van der Waals surface area contributed by atoms with Crippen LogP contribution in [0.3, 0.4) is 0 Å². The van der Waals surface area contributed by atoms with Crippen LogP contribution in [0.4, 0.5) is 0 Å². The molecule has 0 radical (unpaired) electrons. The molecule has 0 rings (SSSR count). The largest absolute Gasteiger partial charge is 0.462 e. The zero-order valence-electron chi connectivity index (χ0n) is 36.6. The van der Waals surface area contributed by atoms with E-state index in [-0.39, 0.29) is 37.5 Å². The minimum Gasteiger partial charge on any atom is -0.462 e. The van der Waals surface area contributed by atoms with Crippen molar-refractivity contribution in [3.8, 4) is 0 Å². The zero-order valence-corrected chi connectivity index (χ0v) is 36.6. The molecule has 322 valence electrons. The normalized spacial score (nSPS) is 13.0. The van der Waals surface area contributed by atoms with Crippen molar-refractivity contribution in [1.82, 2.24) is 0 Å². The fraction of sp³-hybridized carbons (Fsp3) is 0.627. The van der Waals surface area contributed by atoms with Gasteiger partial charge in [0.05, 0.1) is 0 Å². The van der Waals surface area contributed by atoms with Crippen LogP contribution in [0.5, 0.6) is 0 Å². The molecule has 0 aliphatic heterocycles. The first-order chi connectivity index (χ1) is 28.0. The lowest BCUT2D eigenvalue weighted by atomic mass is 10.1. The minimum absolute atomic E-state index is 0.111. The second-order valence-electron chi connectivity index (χ2n) is 14.7. The minimum atomic E-state index is -0.817. The summed E-state index contributed by atoms with van der Waals surface area (Å²) in [6.07, 6.45) is 58.2. The van der Waals surface area contributed by atoms with E-state index < -0.39 is 6.10 Å². The second kappa shape index (κ2) is 45.0. The number of hydrogen-bond acceptors (Lipinski definition) is 6. The van der Waals surface area contributed by atoms with Crippen molar-refractivity contribution >= 4 is 17.9 Å². The first-order valence-corrected chi connectivity index (χ1v) is 22.8. The molecule has 0 saturated carbocycles. The number of esters is 3. The molecule has 0 aromatic carbocycles. The van der Waals surface area contributed by atoms with E-state index >= 15 is 0 Å².